The van der Waals surface area contributed by atoms with Crippen LogP contribution in [-0.2, 0) is 9.47 Å². The van der Waals surface area contributed by atoms with Crippen LogP contribution in [0.2, 0.25) is 0 Å². The Labute approximate surface area is 80.4 Å². The summed E-state index contributed by atoms with van der Waals surface area (Å²) in [7, 11) is 0.628. The second kappa shape index (κ2) is 7.12. The van der Waals surface area contributed by atoms with E-state index < -0.39 is 0 Å². The van der Waals surface area contributed by atoms with Crippen molar-refractivity contribution in [3.05, 3.63) is 0 Å². The predicted molar refractivity (Wildman–Crippen MR) is 52.0 cm³/mol. The third kappa shape index (κ3) is 97.7. The monoisotopic (exact) mass is 378 g/mol. The van der Waals surface area contributed by atoms with Crippen molar-refractivity contribution in [2.75, 3.05) is 0 Å². The average molecular weight is 378 g/mol. The molecule has 0 radical (unpaired) electrons. The van der Waals surface area contributed by atoms with Crippen LogP contribution in [0.4, 0.5) is 0 Å². The van der Waals surface area contributed by atoms with Gasteiger partial charge in [-0.25, -0.2) is 0 Å². The molecule has 51 valence electrons. The fraction of sp³-hybridized carbons (Fsp3) is 1.00. The van der Waals surface area contributed by atoms with Crippen LogP contribution in [0, 0.1) is 0 Å². The van der Waals surface area contributed by atoms with Crippen LogP contribution in [0.1, 0.15) is 20.8 Å². The predicted octanol–water partition coefficient (Wildman–Crippen LogP) is 2.51. The fourth-order valence-corrected chi connectivity index (χ4v) is 0. The van der Waals surface area contributed by atoms with Gasteiger partial charge in [0, 0.05) is 5.54 Å². The Balaban J connectivity index is 0. The summed E-state index contributed by atoms with van der Waals surface area (Å²) < 4.78 is 0. The molecule has 0 aliphatic carbocycles. The fourth-order valence-electron chi connectivity index (χ4n) is 0. The number of hydrogen-bond donors (Lipinski definition) is 1. The zero-order valence-electron chi connectivity index (χ0n) is 5.28. The van der Waals surface area contributed by atoms with Gasteiger partial charge in [0.2, 0.25) is 0 Å². The SMILES string of the molecule is CC(C)(C)N.[I][V][I]. The second-order valence-corrected chi connectivity index (χ2v) is 14.2. The van der Waals surface area contributed by atoms with Gasteiger partial charge in [-0.05, 0) is 20.8 Å². The molecule has 0 spiro atoms. The van der Waals surface area contributed by atoms with E-state index in [2.05, 4.69) is 40.0 Å². The van der Waals surface area contributed by atoms with E-state index in [1.54, 1.807) is 0 Å². The maximum absolute atomic E-state index is 5.35. The molecule has 0 aromatic carbocycles. The van der Waals surface area contributed by atoms with Crippen LogP contribution in [0.25, 0.3) is 0 Å². The van der Waals surface area contributed by atoms with Gasteiger partial charge < -0.3 is 5.73 Å². The summed E-state index contributed by atoms with van der Waals surface area (Å²) in [5.74, 6) is 0. The van der Waals surface area contributed by atoms with Crippen LogP contribution < -0.4 is 5.73 Å². The summed E-state index contributed by atoms with van der Waals surface area (Å²) in [6.07, 6.45) is 0. The third-order valence-corrected chi connectivity index (χ3v) is 0. The molecule has 0 aliphatic rings. The summed E-state index contributed by atoms with van der Waals surface area (Å²) >= 11 is 4.74. The van der Waals surface area contributed by atoms with Gasteiger partial charge in [-0.1, -0.05) is 0 Å². The molecule has 0 atom stereocenters. The zero-order valence-corrected chi connectivity index (χ0v) is 11.0. The molecule has 1 nitrogen and oxygen atoms in total. The Kier molecular flexibility index (Phi) is 11.3. The average Bonchev–Trinajstić information content (AvgIpc) is 1.27. The topological polar surface area (TPSA) is 26.0 Å². The van der Waals surface area contributed by atoms with Crippen molar-refractivity contribution in [2.24, 2.45) is 5.73 Å². The molecule has 0 fully saturated rings. The van der Waals surface area contributed by atoms with Crippen molar-refractivity contribution >= 4 is 40.0 Å². The van der Waals surface area contributed by atoms with Crippen molar-refractivity contribution in [2.45, 2.75) is 26.3 Å². The Hall–Kier alpha value is 2.00. The Morgan fingerprint density at radius 3 is 1.25 bits per heavy atom. The standard InChI is InChI=1S/C4H11N.2HI.V/c1-4(2,3)5;;;/h5H2,1-3H3;2*1H;/q;;;+2/p-2. The van der Waals surface area contributed by atoms with Gasteiger partial charge in [-0.15, -0.1) is 0 Å². The zero-order chi connectivity index (χ0) is 7.21. The van der Waals surface area contributed by atoms with E-state index in [4.69, 9.17) is 5.73 Å². The number of rotatable bonds is 0. The van der Waals surface area contributed by atoms with Crippen molar-refractivity contribution in [3.63, 3.8) is 0 Å². The molecule has 0 rings (SSSR count). The van der Waals surface area contributed by atoms with Gasteiger partial charge in [0.25, 0.3) is 0 Å². The Morgan fingerprint density at radius 1 is 1.25 bits per heavy atom. The molecule has 0 heterocycles. The third-order valence-electron chi connectivity index (χ3n) is 0. The minimum absolute atomic E-state index is 0. The first kappa shape index (κ1) is 12.7. The van der Waals surface area contributed by atoms with E-state index in [1.165, 1.54) is 0 Å². The molecular formula is C4H11I2NV. The molecule has 0 saturated carbocycles. The molecule has 0 saturated heterocycles. The van der Waals surface area contributed by atoms with E-state index in [9.17, 15) is 0 Å². The minimum atomic E-state index is 0. The quantitative estimate of drug-likeness (QED) is 0.645. The van der Waals surface area contributed by atoms with Crippen LogP contribution in [0.15, 0.2) is 0 Å². The molecule has 0 aliphatic heterocycles. The number of nitrogens with two attached hydrogens (primary N) is 1. The van der Waals surface area contributed by atoms with Crippen molar-refractivity contribution in [3.8, 4) is 0 Å². The molecular weight excluding hydrogens is 367 g/mol. The summed E-state index contributed by atoms with van der Waals surface area (Å²) in [5.41, 5.74) is 5.35. The first-order chi connectivity index (χ1) is 3.41. The van der Waals surface area contributed by atoms with E-state index in [0.717, 1.165) is 0 Å². The number of halogens is 2. The first-order valence-electron chi connectivity index (χ1n) is 2.13. The van der Waals surface area contributed by atoms with E-state index >= 15 is 0 Å². The van der Waals surface area contributed by atoms with Crippen molar-refractivity contribution in [1.82, 2.24) is 0 Å². The van der Waals surface area contributed by atoms with Crippen molar-refractivity contribution in [1.29, 1.82) is 0 Å². The van der Waals surface area contributed by atoms with Gasteiger partial charge >= 0.3 is 49.4 Å². The molecule has 2 N–H and O–H groups in total. The maximum atomic E-state index is 5.35. The molecule has 8 heavy (non-hydrogen) atoms. The van der Waals surface area contributed by atoms with Gasteiger partial charge in [0.05, 0.1) is 0 Å². The first-order valence-corrected chi connectivity index (χ1v) is 11.1. The normalized spacial score (nSPS) is 9.25. The van der Waals surface area contributed by atoms with Gasteiger partial charge in [-0.3, -0.25) is 0 Å². The molecule has 0 amide bonds. The van der Waals surface area contributed by atoms with Gasteiger partial charge in [-0.2, -0.15) is 0 Å². The van der Waals surface area contributed by atoms with Crippen LogP contribution >= 0.6 is 40.0 Å². The summed E-state index contributed by atoms with van der Waals surface area (Å²) in [5, 5.41) is 0. The van der Waals surface area contributed by atoms with Crippen molar-refractivity contribution < 1.29 is 9.47 Å². The van der Waals surface area contributed by atoms with Crippen LogP contribution in [-0.4, -0.2) is 5.54 Å². The molecule has 0 aromatic heterocycles. The Bertz CT molecular complexity index is 37.8. The second-order valence-electron chi connectivity index (χ2n) is 2.43. The molecule has 0 unspecified atom stereocenters. The van der Waals surface area contributed by atoms with E-state index in [1.807, 2.05) is 20.8 Å². The van der Waals surface area contributed by atoms with Gasteiger partial charge in [0.15, 0.2) is 0 Å². The summed E-state index contributed by atoms with van der Waals surface area (Å²) in [4.78, 5) is 0. The molecule has 4 heteroatoms. The van der Waals surface area contributed by atoms with Gasteiger partial charge in [0.1, 0.15) is 0 Å². The summed E-state index contributed by atoms with van der Waals surface area (Å²) in [6.45, 7) is 5.90. The molecule has 0 aromatic rings. The van der Waals surface area contributed by atoms with E-state index in [-0.39, 0.29) is 5.54 Å². The summed E-state index contributed by atoms with van der Waals surface area (Å²) in [6, 6.07) is 0. The number of hydrogen-bond acceptors (Lipinski definition) is 1. The van der Waals surface area contributed by atoms with Crippen LogP contribution in [0.5, 0.6) is 0 Å². The Morgan fingerprint density at radius 2 is 1.25 bits per heavy atom. The molecule has 0 bridgehead atoms. The van der Waals surface area contributed by atoms with Crippen LogP contribution in [0.3, 0.4) is 0 Å². The van der Waals surface area contributed by atoms with E-state index in [0.29, 0.717) is 9.47 Å².